The van der Waals surface area contributed by atoms with Crippen molar-refractivity contribution in [2.45, 2.75) is 6.42 Å². The third-order valence-corrected chi connectivity index (χ3v) is 6.48. The Morgan fingerprint density at radius 1 is 1.11 bits per heavy atom. The predicted octanol–water partition coefficient (Wildman–Crippen LogP) is 2.02. The Bertz CT molecular complexity index is 753. The number of morpholine rings is 1. The van der Waals surface area contributed by atoms with Crippen LogP contribution in [0.3, 0.4) is 0 Å². The quantitative estimate of drug-likeness (QED) is 0.603. The van der Waals surface area contributed by atoms with E-state index in [1.165, 1.54) is 10.1 Å². The van der Waals surface area contributed by atoms with Gasteiger partial charge < -0.3 is 19.9 Å². The van der Waals surface area contributed by atoms with E-state index in [9.17, 15) is 0 Å². The fraction of sp³-hybridized carbons (Fsp3) is 0.579. The van der Waals surface area contributed by atoms with E-state index >= 15 is 0 Å². The van der Waals surface area contributed by atoms with Crippen LogP contribution in [0.1, 0.15) is 6.42 Å². The summed E-state index contributed by atoms with van der Waals surface area (Å²) in [6.07, 6.45) is 1.12. The molecule has 2 aliphatic rings. The minimum Gasteiger partial charge on any atom is -0.379 e. The van der Waals surface area contributed by atoms with Crippen LogP contribution in [0.4, 0.5) is 5.82 Å². The van der Waals surface area contributed by atoms with Crippen LogP contribution in [-0.2, 0) is 4.74 Å². The summed E-state index contributed by atoms with van der Waals surface area (Å²) in [4.78, 5) is 7.14. The van der Waals surface area contributed by atoms with Crippen LogP contribution < -0.4 is 10.2 Å². The first-order valence-electron chi connectivity index (χ1n) is 9.73. The van der Waals surface area contributed by atoms with Gasteiger partial charge in [0.1, 0.15) is 5.82 Å². The van der Waals surface area contributed by atoms with Gasteiger partial charge in [-0.2, -0.15) is 4.37 Å². The molecule has 1 aromatic heterocycles. The van der Waals surface area contributed by atoms with Crippen molar-refractivity contribution in [1.82, 2.24) is 19.5 Å². The molecule has 27 heavy (non-hydrogen) atoms. The van der Waals surface area contributed by atoms with Gasteiger partial charge in [-0.05, 0) is 48.8 Å². The second-order valence-corrected chi connectivity index (χ2v) is 8.21. The summed E-state index contributed by atoms with van der Waals surface area (Å²) in [7, 11) is 0. The smallest absolute Gasteiger partial charge is 0.169 e. The number of hydrogen-bond acceptors (Lipinski definition) is 6. The maximum Gasteiger partial charge on any atom is 0.169 e. The van der Waals surface area contributed by atoms with Crippen LogP contribution >= 0.6 is 23.8 Å². The van der Waals surface area contributed by atoms with Crippen molar-refractivity contribution in [1.29, 1.82) is 0 Å². The molecule has 3 heterocycles. The van der Waals surface area contributed by atoms with Gasteiger partial charge >= 0.3 is 0 Å². The highest BCUT2D eigenvalue weighted by molar-refractivity contribution is 7.80. The molecule has 2 aromatic rings. The number of aromatic nitrogens is 1. The molecule has 8 heteroatoms. The molecule has 0 aliphatic carbocycles. The monoisotopic (exact) mass is 405 g/mol. The van der Waals surface area contributed by atoms with Crippen LogP contribution in [0.15, 0.2) is 24.3 Å². The molecule has 0 radical (unpaired) electrons. The second-order valence-electron chi connectivity index (χ2n) is 7.02. The van der Waals surface area contributed by atoms with Crippen LogP contribution in [0, 0.1) is 0 Å². The van der Waals surface area contributed by atoms with Gasteiger partial charge in [-0.15, -0.1) is 0 Å². The maximum atomic E-state index is 5.61. The molecule has 6 nitrogen and oxygen atoms in total. The van der Waals surface area contributed by atoms with E-state index in [-0.39, 0.29) is 0 Å². The summed E-state index contributed by atoms with van der Waals surface area (Å²) in [6, 6.07) is 8.47. The van der Waals surface area contributed by atoms with E-state index in [2.05, 4.69) is 48.7 Å². The Labute approximate surface area is 170 Å². The Morgan fingerprint density at radius 3 is 2.70 bits per heavy atom. The zero-order valence-corrected chi connectivity index (χ0v) is 17.2. The molecule has 0 amide bonds. The van der Waals surface area contributed by atoms with Crippen molar-refractivity contribution in [2.75, 3.05) is 70.5 Å². The average Bonchev–Trinajstić information content (AvgIpc) is 3.16. The molecule has 2 saturated heterocycles. The molecule has 2 fully saturated rings. The van der Waals surface area contributed by atoms with E-state index in [1.54, 1.807) is 11.5 Å². The lowest BCUT2D eigenvalue weighted by molar-refractivity contribution is 0.0376. The van der Waals surface area contributed by atoms with E-state index < -0.39 is 0 Å². The molecule has 1 aromatic carbocycles. The Kier molecular flexibility index (Phi) is 6.39. The molecule has 0 bridgehead atoms. The van der Waals surface area contributed by atoms with Crippen LogP contribution in [0.5, 0.6) is 0 Å². The van der Waals surface area contributed by atoms with E-state index in [0.717, 1.165) is 82.9 Å². The molecule has 2 aliphatic heterocycles. The van der Waals surface area contributed by atoms with E-state index in [0.29, 0.717) is 0 Å². The molecule has 0 atom stereocenters. The predicted molar refractivity (Wildman–Crippen MR) is 116 cm³/mol. The number of anilines is 1. The summed E-state index contributed by atoms with van der Waals surface area (Å²) in [5.41, 5.74) is 0. The van der Waals surface area contributed by atoms with Crippen molar-refractivity contribution < 1.29 is 4.74 Å². The van der Waals surface area contributed by atoms with E-state index in [1.807, 2.05) is 0 Å². The lowest BCUT2D eigenvalue weighted by Crippen LogP contribution is -2.52. The third-order valence-electron chi connectivity index (χ3n) is 5.26. The summed E-state index contributed by atoms with van der Waals surface area (Å²) in [5.74, 6) is 1.12. The summed E-state index contributed by atoms with van der Waals surface area (Å²) < 4.78 is 11.3. The molecular formula is C19H27N5OS2. The first kappa shape index (κ1) is 18.9. The van der Waals surface area contributed by atoms with Gasteiger partial charge in [0, 0.05) is 51.2 Å². The number of thiocarbonyl (C=S) groups is 1. The van der Waals surface area contributed by atoms with Gasteiger partial charge in [0.2, 0.25) is 0 Å². The topological polar surface area (TPSA) is 43.9 Å². The number of hydrogen-bond donors (Lipinski definition) is 1. The van der Waals surface area contributed by atoms with Crippen molar-refractivity contribution >= 4 is 44.8 Å². The van der Waals surface area contributed by atoms with Gasteiger partial charge in [-0.25, -0.2) is 0 Å². The minimum absolute atomic E-state index is 0.865. The molecule has 0 saturated carbocycles. The fourth-order valence-corrected chi connectivity index (χ4v) is 4.74. The molecular weight excluding hydrogens is 378 g/mol. The zero-order valence-electron chi connectivity index (χ0n) is 15.6. The molecule has 1 N–H and O–H groups in total. The highest BCUT2D eigenvalue weighted by Crippen LogP contribution is 2.29. The minimum atomic E-state index is 0.865. The second kappa shape index (κ2) is 9.14. The summed E-state index contributed by atoms with van der Waals surface area (Å²) >= 11 is 7.19. The number of fused-ring (bicyclic) bond motifs is 1. The first-order chi connectivity index (χ1) is 13.3. The number of nitrogens with one attached hydrogen (secondary N) is 1. The SMILES string of the molecule is S=C(NCCCN1CCOCC1)N1CCN(c2nsc3ccccc23)CC1. The standard InChI is InChI=1S/C19H27N5OS2/c26-19(20-6-3-7-22-12-14-25-15-13-22)24-10-8-23(9-11-24)18-16-4-1-2-5-17(16)27-21-18/h1-2,4-5H,3,6-15H2,(H,20,26). The maximum absolute atomic E-state index is 5.61. The number of nitrogens with zero attached hydrogens (tertiary/aromatic N) is 4. The van der Waals surface area contributed by atoms with E-state index in [4.69, 9.17) is 17.0 Å². The van der Waals surface area contributed by atoms with Gasteiger partial charge in [-0.3, -0.25) is 4.90 Å². The Morgan fingerprint density at radius 2 is 1.89 bits per heavy atom. The molecule has 0 unspecified atom stereocenters. The normalized spacial score (nSPS) is 18.8. The van der Waals surface area contributed by atoms with Gasteiger partial charge in [0.05, 0.1) is 17.9 Å². The van der Waals surface area contributed by atoms with Crippen molar-refractivity contribution in [3.05, 3.63) is 24.3 Å². The Balaban J connectivity index is 1.20. The summed E-state index contributed by atoms with van der Waals surface area (Å²) in [5, 5.41) is 5.59. The van der Waals surface area contributed by atoms with Gasteiger partial charge in [-0.1, -0.05) is 12.1 Å². The Hall–Kier alpha value is -1.48. The van der Waals surface area contributed by atoms with Crippen LogP contribution in [0.25, 0.3) is 10.1 Å². The van der Waals surface area contributed by atoms with Crippen LogP contribution in [-0.4, -0.2) is 84.9 Å². The zero-order chi connectivity index (χ0) is 18.5. The molecule has 0 spiro atoms. The third kappa shape index (κ3) is 4.68. The first-order valence-corrected chi connectivity index (χ1v) is 10.9. The lowest BCUT2D eigenvalue weighted by Gasteiger charge is -2.36. The van der Waals surface area contributed by atoms with Crippen molar-refractivity contribution in [2.24, 2.45) is 0 Å². The largest absolute Gasteiger partial charge is 0.379 e. The number of rotatable bonds is 5. The molecule has 4 rings (SSSR count). The van der Waals surface area contributed by atoms with Gasteiger partial charge in [0.15, 0.2) is 5.11 Å². The molecule has 146 valence electrons. The average molecular weight is 406 g/mol. The number of piperazine rings is 1. The van der Waals surface area contributed by atoms with Crippen molar-refractivity contribution in [3.63, 3.8) is 0 Å². The summed E-state index contributed by atoms with van der Waals surface area (Å²) in [6.45, 7) is 9.70. The highest BCUT2D eigenvalue weighted by atomic mass is 32.1. The number of ether oxygens (including phenoxy) is 1. The van der Waals surface area contributed by atoms with Gasteiger partial charge in [0.25, 0.3) is 0 Å². The van der Waals surface area contributed by atoms with Crippen LogP contribution in [0.2, 0.25) is 0 Å². The fourth-order valence-electron chi connectivity index (χ4n) is 3.66. The lowest BCUT2D eigenvalue weighted by atomic mass is 10.2. The number of benzene rings is 1. The van der Waals surface area contributed by atoms with Crippen molar-refractivity contribution in [3.8, 4) is 0 Å². The highest BCUT2D eigenvalue weighted by Gasteiger charge is 2.22.